The molecule has 3 heteroatoms. The summed E-state index contributed by atoms with van der Waals surface area (Å²) in [5.41, 5.74) is 3.49. The summed E-state index contributed by atoms with van der Waals surface area (Å²) in [5, 5.41) is 0. The van der Waals surface area contributed by atoms with E-state index in [0.29, 0.717) is 17.4 Å². The third-order valence-corrected chi connectivity index (χ3v) is 8.89. The molecule has 0 spiro atoms. The topological polar surface area (TPSA) is 29.5 Å². The number of fused-ring (bicyclic) bond motifs is 3. The molecule has 35 heavy (non-hydrogen) atoms. The maximum Gasteiger partial charge on any atom is 0.338 e. The summed E-state index contributed by atoms with van der Waals surface area (Å²) in [5.74, 6) is 0.841. The summed E-state index contributed by atoms with van der Waals surface area (Å²) in [7, 11) is 0. The zero-order valence-corrected chi connectivity index (χ0v) is 20.4. The molecule has 4 aliphatic rings. The Labute approximate surface area is 209 Å². The standard InChI is InChI=1S/C32H35NO2/c34-31(26-17-9-3-10-18-26)35-29-23-32(33-19-11-4-12-20-33)21-27(24-13-5-1-6-14-24)30(29)28(22-32)25-15-7-2-8-16-25/h1-3,5-10,13-18,27-30H,4,11-12,19-23H2/t27-,28-,29-,30?,32?/m0/s1. The number of piperidine rings is 1. The van der Waals surface area contributed by atoms with E-state index in [2.05, 4.69) is 65.6 Å². The van der Waals surface area contributed by atoms with Crippen molar-refractivity contribution in [3.05, 3.63) is 108 Å². The first-order valence-corrected chi connectivity index (χ1v) is 13.3. The van der Waals surface area contributed by atoms with Crippen LogP contribution in [0.15, 0.2) is 91.0 Å². The van der Waals surface area contributed by atoms with Crippen molar-refractivity contribution in [1.82, 2.24) is 4.90 Å². The fourth-order valence-electron chi connectivity index (χ4n) is 7.39. The summed E-state index contributed by atoms with van der Waals surface area (Å²) in [6.45, 7) is 2.32. The number of rotatable bonds is 5. The summed E-state index contributed by atoms with van der Waals surface area (Å²) in [6.07, 6.45) is 7.03. The molecule has 3 aromatic carbocycles. The molecule has 0 unspecified atom stereocenters. The zero-order valence-electron chi connectivity index (χ0n) is 20.4. The molecule has 2 bridgehead atoms. The zero-order chi connectivity index (χ0) is 23.7. The minimum absolute atomic E-state index is 0.0673. The monoisotopic (exact) mass is 465 g/mol. The number of hydrogen-bond acceptors (Lipinski definition) is 3. The van der Waals surface area contributed by atoms with Crippen LogP contribution in [0.3, 0.4) is 0 Å². The first kappa shape index (κ1) is 22.5. The van der Waals surface area contributed by atoms with Crippen molar-refractivity contribution in [2.45, 2.75) is 62.0 Å². The van der Waals surface area contributed by atoms with Crippen LogP contribution in [0.1, 0.15) is 71.8 Å². The normalized spacial score (nSPS) is 30.6. The molecule has 0 aromatic heterocycles. The van der Waals surface area contributed by atoms with Crippen LogP contribution in [0.4, 0.5) is 0 Å². The lowest BCUT2D eigenvalue weighted by Gasteiger charge is -2.62. The number of hydrogen-bond donors (Lipinski definition) is 0. The van der Waals surface area contributed by atoms with E-state index in [0.717, 1.165) is 32.4 Å². The quantitative estimate of drug-likeness (QED) is 0.387. The molecular formula is C32H35NO2. The Morgan fingerprint density at radius 1 is 0.686 bits per heavy atom. The summed E-state index contributed by atoms with van der Waals surface area (Å²) in [4.78, 5) is 16.1. The first-order valence-electron chi connectivity index (χ1n) is 13.3. The van der Waals surface area contributed by atoms with Crippen molar-refractivity contribution in [1.29, 1.82) is 0 Å². The van der Waals surface area contributed by atoms with Crippen LogP contribution < -0.4 is 0 Å². The Balaban J connectivity index is 1.43. The van der Waals surface area contributed by atoms with Crippen LogP contribution in [0.2, 0.25) is 0 Å². The molecule has 3 aromatic rings. The predicted octanol–water partition coefficient (Wildman–Crippen LogP) is 6.82. The second-order valence-corrected chi connectivity index (χ2v) is 10.8. The lowest BCUT2D eigenvalue weighted by atomic mass is 9.51. The van der Waals surface area contributed by atoms with Gasteiger partial charge in [-0.15, -0.1) is 0 Å². The van der Waals surface area contributed by atoms with Crippen LogP contribution in [0.25, 0.3) is 0 Å². The van der Waals surface area contributed by atoms with Gasteiger partial charge in [0.25, 0.3) is 0 Å². The molecule has 180 valence electrons. The van der Waals surface area contributed by atoms with E-state index in [-0.39, 0.29) is 23.5 Å². The van der Waals surface area contributed by atoms with Gasteiger partial charge < -0.3 is 4.74 Å². The number of carbonyl (C=O) groups excluding carboxylic acids is 1. The van der Waals surface area contributed by atoms with E-state index < -0.39 is 0 Å². The fourth-order valence-corrected chi connectivity index (χ4v) is 7.39. The highest BCUT2D eigenvalue weighted by atomic mass is 16.5. The first-order chi connectivity index (χ1) is 17.2. The summed E-state index contributed by atoms with van der Waals surface area (Å²) < 4.78 is 6.47. The van der Waals surface area contributed by atoms with Gasteiger partial charge >= 0.3 is 5.97 Å². The highest BCUT2D eigenvalue weighted by Gasteiger charge is 2.59. The van der Waals surface area contributed by atoms with Crippen molar-refractivity contribution in [2.75, 3.05) is 13.1 Å². The van der Waals surface area contributed by atoms with Gasteiger partial charge in [0.15, 0.2) is 0 Å². The minimum atomic E-state index is -0.185. The third-order valence-electron chi connectivity index (χ3n) is 8.89. The SMILES string of the molecule is O=C(O[C@H]1CC2(N3CCCCC3)C[C@@H](c3ccccc3)C1[C@H](c1ccccc1)C2)c1ccccc1. The van der Waals surface area contributed by atoms with E-state index >= 15 is 0 Å². The Morgan fingerprint density at radius 2 is 1.20 bits per heavy atom. The van der Waals surface area contributed by atoms with E-state index in [4.69, 9.17) is 4.74 Å². The maximum atomic E-state index is 13.3. The Hall–Kier alpha value is -2.91. The Bertz CT molecular complexity index is 1070. The average Bonchev–Trinajstić information content (AvgIpc) is 2.95. The lowest BCUT2D eigenvalue weighted by Crippen LogP contribution is -2.64. The molecule has 3 saturated carbocycles. The molecule has 0 N–H and O–H groups in total. The molecule has 7 rings (SSSR count). The van der Waals surface area contributed by atoms with Crippen molar-refractivity contribution in [2.24, 2.45) is 5.92 Å². The van der Waals surface area contributed by atoms with Gasteiger partial charge in [0.05, 0.1) is 5.56 Å². The Morgan fingerprint density at radius 3 is 1.74 bits per heavy atom. The van der Waals surface area contributed by atoms with Gasteiger partial charge in [-0.05, 0) is 73.9 Å². The third kappa shape index (κ3) is 4.31. The molecule has 1 aliphatic heterocycles. The van der Waals surface area contributed by atoms with Crippen LogP contribution in [-0.4, -0.2) is 35.6 Å². The summed E-state index contributed by atoms with van der Waals surface area (Å²) >= 11 is 0. The molecule has 3 nitrogen and oxygen atoms in total. The molecule has 0 amide bonds. The Kier molecular flexibility index (Phi) is 6.20. The van der Waals surface area contributed by atoms with Crippen molar-refractivity contribution < 1.29 is 9.53 Å². The number of likely N-dealkylation sites (tertiary alicyclic amines) is 1. The van der Waals surface area contributed by atoms with E-state index in [1.165, 1.54) is 30.4 Å². The molecule has 4 fully saturated rings. The van der Waals surface area contributed by atoms with Crippen molar-refractivity contribution >= 4 is 5.97 Å². The van der Waals surface area contributed by atoms with Crippen molar-refractivity contribution in [3.8, 4) is 0 Å². The second kappa shape index (κ2) is 9.62. The van der Waals surface area contributed by atoms with Gasteiger partial charge in [0, 0.05) is 17.9 Å². The van der Waals surface area contributed by atoms with Gasteiger partial charge in [-0.25, -0.2) is 4.79 Å². The number of benzene rings is 3. The average molecular weight is 466 g/mol. The van der Waals surface area contributed by atoms with Crippen LogP contribution in [0.5, 0.6) is 0 Å². The van der Waals surface area contributed by atoms with Gasteiger partial charge in [-0.3, -0.25) is 4.90 Å². The number of ether oxygens (including phenoxy) is 1. The molecule has 0 radical (unpaired) electrons. The van der Waals surface area contributed by atoms with Gasteiger partial charge in [0.2, 0.25) is 0 Å². The van der Waals surface area contributed by atoms with Crippen molar-refractivity contribution in [3.63, 3.8) is 0 Å². The van der Waals surface area contributed by atoms with Gasteiger partial charge in [-0.1, -0.05) is 85.3 Å². The van der Waals surface area contributed by atoms with Gasteiger partial charge in [-0.2, -0.15) is 0 Å². The molecule has 3 aliphatic carbocycles. The predicted molar refractivity (Wildman–Crippen MR) is 140 cm³/mol. The number of nitrogens with zero attached hydrogens (tertiary/aromatic N) is 1. The highest BCUT2D eigenvalue weighted by Crippen LogP contribution is 2.60. The van der Waals surface area contributed by atoms with E-state index in [9.17, 15) is 4.79 Å². The van der Waals surface area contributed by atoms with E-state index in [1.54, 1.807) is 0 Å². The van der Waals surface area contributed by atoms with E-state index in [1.807, 2.05) is 30.3 Å². The highest BCUT2D eigenvalue weighted by molar-refractivity contribution is 5.89. The van der Waals surface area contributed by atoms with Crippen LogP contribution >= 0.6 is 0 Å². The molecular weight excluding hydrogens is 430 g/mol. The smallest absolute Gasteiger partial charge is 0.338 e. The molecule has 1 saturated heterocycles. The minimum Gasteiger partial charge on any atom is -0.458 e. The van der Waals surface area contributed by atoms with Gasteiger partial charge in [0.1, 0.15) is 6.10 Å². The summed E-state index contributed by atoms with van der Waals surface area (Å²) in [6, 6.07) is 31.5. The molecule has 1 heterocycles. The number of esters is 1. The fraction of sp³-hybridized carbons (Fsp3) is 0.406. The number of carbonyl (C=O) groups is 1. The maximum absolute atomic E-state index is 13.3. The van der Waals surface area contributed by atoms with Crippen LogP contribution in [0, 0.1) is 5.92 Å². The molecule has 3 atom stereocenters. The van der Waals surface area contributed by atoms with Crippen LogP contribution in [-0.2, 0) is 4.74 Å². The largest absolute Gasteiger partial charge is 0.458 e. The lowest BCUT2D eigenvalue weighted by molar-refractivity contribution is -0.115. The second-order valence-electron chi connectivity index (χ2n) is 10.8.